The molecule has 0 bridgehead atoms. The molecular formula is C11H13N3O5. The van der Waals surface area contributed by atoms with Crippen LogP contribution in [0.25, 0.3) is 0 Å². The molecule has 0 aliphatic rings. The van der Waals surface area contributed by atoms with Gasteiger partial charge in [-0.25, -0.2) is 0 Å². The summed E-state index contributed by atoms with van der Waals surface area (Å²) in [6, 6.07) is 5.22. The number of anilines is 1. The van der Waals surface area contributed by atoms with Crippen molar-refractivity contribution in [1.29, 1.82) is 0 Å². The van der Waals surface area contributed by atoms with Crippen LogP contribution in [0.2, 0.25) is 0 Å². The first-order valence-electron chi connectivity index (χ1n) is 5.42. The Bertz CT molecular complexity index is 501. The predicted octanol–water partition coefficient (Wildman–Crippen LogP) is 0.0303. The Morgan fingerprint density at radius 3 is 2.68 bits per heavy atom. The van der Waals surface area contributed by atoms with Crippen LogP contribution in [0.5, 0.6) is 0 Å². The third-order valence-corrected chi connectivity index (χ3v) is 2.08. The molecule has 8 nitrogen and oxygen atoms in total. The van der Waals surface area contributed by atoms with Crippen molar-refractivity contribution in [2.24, 2.45) is 0 Å². The molecular weight excluding hydrogens is 254 g/mol. The van der Waals surface area contributed by atoms with Crippen LogP contribution in [-0.2, 0) is 9.59 Å². The Morgan fingerprint density at radius 2 is 2.11 bits per heavy atom. The second-order valence-electron chi connectivity index (χ2n) is 3.82. The fraction of sp³-hybridized carbons (Fsp3) is 0.273. The first-order valence-corrected chi connectivity index (χ1v) is 5.42. The smallest absolute Gasteiger partial charge is 0.313 e. The molecule has 0 spiro atoms. The number of aliphatic hydroxyl groups excluding tert-OH is 1. The maximum Gasteiger partial charge on any atom is 0.313 e. The Morgan fingerprint density at radius 1 is 1.42 bits per heavy atom. The number of nitro groups is 1. The molecule has 19 heavy (non-hydrogen) atoms. The van der Waals surface area contributed by atoms with Gasteiger partial charge < -0.3 is 15.7 Å². The summed E-state index contributed by atoms with van der Waals surface area (Å²) >= 11 is 0. The molecule has 1 rings (SSSR count). The lowest BCUT2D eigenvalue weighted by Crippen LogP contribution is -2.38. The number of non-ortho nitro benzene ring substituents is 1. The number of benzene rings is 1. The molecule has 0 aliphatic carbocycles. The van der Waals surface area contributed by atoms with Crippen LogP contribution >= 0.6 is 0 Å². The standard InChI is InChI=1S/C11H13N3O5/c1-7(15)6-12-10(16)11(17)13-8-3-2-4-9(5-8)14(18)19/h2-5,7,15H,6H2,1H3,(H,12,16)(H,13,17). The summed E-state index contributed by atoms with van der Waals surface area (Å²) in [6.07, 6.45) is -0.769. The van der Waals surface area contributed by atoms with Crippen LogP contribution in [0.1, 0.15) is 6.92 Å². The van der Waals surface area contributed by atoms with Crippen molar-refractivity contribution in [1.82, 2.24) is 5.32 Å². The molecule has 8 heteroatoms. The summed E-state index contributed by atoms with van der Waals surface area (Å²) in [6.45, 7) is 1.40. The van der Waals surface area contributed by atoms with E-state index in [1.54, 1.807) is 0 Å². The van der Waals surface area contributed by atoms with E-state index in [2.05, 4.69) is 10.6 Å². The summed E-state index contributed by atoms with van der Waals surface area (Å²) in [5.74, 6) is -1.88. The van der Waals surface area contributed by atoms with Crippen LogP contribution in [0.15, 0.2) is 24.3 Å². The largest absolute Gasteiger partial charge is 0.392 e. The molecule has 3 N–H and O–H groups in total. The van der Waals surface area contributed by atoms with Gasteiger partial charge in [0.25, 0.3) is 5.69 Å². The normalized spacial score (nSPS) is 11.5. The molecule has 0 heterocycles. The molecule has 0 saturated carbocycles. The number of aliphatic hydroxyl groups is 1. The summed E-state index contributed by atoms with van der Waals surface area (Å²) in [5.41, 5.74) is -0.0476. The Labute approximate surface area is 108 Å². The van der Waals surface area contributed by atoms with Gasteiger partial charge in [-0.15, -0.1) is 0 Å². The van der Waals surface area contributed by atoms with E-state index in [9.17, 15) is 19.7 Å². The van der Waals surface area contributed by atoms with Crippen molar-refractivity contribution in [3.8, 4) is 0 Å². The highest BCUT2D eigenvalue weighted by Crippen LogP contribution is 2.16. The third kappa shape index (κ3) is 4.72. The number of hydrogen-bond acceptors (Lipinski definition) is 5. The summed E-state index contributed by atoms with van der Waals surface area (Å²) in [7, 11) is 0. The number of carbonyl (C=O) groups is 2. The molecule has 0 fully saturated rings. The van der Waals surface area contributed by atoms with Crippen LogP contribution < -0.4 is 10.6 Å². The number of nitrogens with zero attached hydrogens (tertiary/aromatic N) is 1. The minimum absolute atomic E-state index is 0.0544. The van der Waals surface area contributed by atoms with E-state index < -0.39 is 22.8 Å². The van der Waals surface area contributed by atoms with E-state index in [-0.39, 0.29) is 17.9 Å². The molecule has 102 valence electrons. The van der Waals surface area contributed by atoms with Gasteiger partial charge in [0.2, 0.25) is 0 Å². The molecule has 1 atom stereocenters. The lowest BCUT2D eigenvalue weighted by Gasteiger charge is -2.07. The predicted molar refractivity (Wildman–Crippen MR) is 66.4 cm³/mol. The minimum Gasteiger partial charge on any atom is -0.392 e. The fourth-order valence-corrected chi connectivity index (χ4v) is 1.21. The molecule has 1 aromatic rings. The van der Waals surface area contributed by atoms with Crippen molar-refractivity contribution >= 4 is 23.2 Å². The number of hydrogen-bond donors (Lipinski definition) is 3. The van der Waals surface area contributed by atoms with E-state index in [1.807, 2.05) is 0 Å². The number of rotatable bonds is 4. The van der Waals surface area contributed by atoms with Crippen LogP contribution in [0.3, 0.4) is 0 Å². The summed E-state index contributed by atoms with van der Waals surface area (Å²) in [4.78, 5) is 32.7. The van der Waals surface area contributed by atoms with E-state index in [4.69, 9.17) is 5.11 Å². The maximum absolute atomic E-state index is 11.4. The van der Waals surface area contributed by atoms with Crippen molar-refractivity contribution in [3.63, 3.8) is 0 Å². The van der Waals surface area contributed by atoms with E-state index >= 15 is 0 Å². The first kappa shape index (κ1) is 14.6. The van der Waals surface area contributed by atoms with Gasteiger partial charge in [0.1, 0.15) is 0 Å². The fourth-order valence-electron chi connectivity index (χ4n) is 1.21. The zero-order valence-electron chi connectivity index (χ0n) is 10.1. The highest BCUT2D eigenvalue weighted by Gasteiger charge is 2.15. The Kier molecular flexibility index (Phi) is 4.95. The van der Waals surface area contributed by atoms with Crippen molar-refractivity contribution in [2.45, 2.75) is 13.0 Å². The quantitative estimate of drug-likeness (QED) is 0.403. The highest BCUT2D eigenvalue weighted by atomic mass is 16.6. The van der Waals surface area contributed by atoms with Crippen LogP contribution in [0.4, 0.5) is 11.4 Å². The third-order valence-electron chi connectivity index (χ3n) is 2.08. The second kappa shape index (κ2) is 6.45. The van der Waals surface area contributed by atoms with E-state index in [0.29, 0.717) is 0 Å². The first-order chi connectivity index (χ1) is 8.90. The van der Waals surface area contributed by atoms with Gasteiger partial charge in [0.15, 0.2) is 0 Å². The van der Waals surface area contributed by atoms with Crippen LogP contribution in [-0.4, -0.2) is 34.5 Å². The van der Waals surface area contributed by atoms with Gasteiger partial charge >= 0.3 is 11.8 Å². The van der Waals surface area contributed by atoms with Gasteiger partial charge in [-0.05, 0) is 13.0 Å². The average Bonchev–Trinajstić information content (AvgIpc) is 2.36. The monoisotopic (exact) mass is 267 g/mol. The molecule has 0 saturated heterocycles. The van der Waals surface area contributed by atoms with Crippen LogP contribution in [0, 0.1) is 10.1 Å². The SMILES string of the molecule is CC(O)CNC(=O)C(=O)Nc1cccc([N+](=O)[O-])c1. The molecule has 0 radical (unpaired) electrons. The Balaban J connectivity index is 2.64. The number of nitrogens with one attached hydrogen (secondary N) is 2. The molecule has 0 aromatic heterocycles. The molecule has 1 unspecified atom stereocenters. The second-order valence-corrected chi connectivity index (χ2v) is 3.82. The number of carbonyl (C=O) groups excluding carboxylic acids is 2. The van der Waals surface area contributed by atoms with Crippen molar-refractivity contribution in [3.05, 3.63) is 34.4 Å². The zero-order chi connectivity index (χ0) is 14.4. The van der Waals surface area contributed by atoms with Gasteiger partial charge in [0, 0.05) is 24.4 Å². The maximum atomic E-state index is 11.4. The van der Waals surface area contributed by atoms with Gasteiger partial charge in [-0.3, -0.25) is 19.7 Å². The van der Waals surface area contributed by atoms with E-state index in [0.717, 1.165) is 6.07 Å². The van der Waals surface area contributed by atoms with Gasteiger partial charge in [0.05, 0.1) is 11.0 Å². The molecule has 2 amide bonds. The lowest BCUT2D eigenvalue weighted by molar-refractivity contribution is -0.384. The summed E-state index contributed by atoms with van der Waals surface area (Å²) < 4.78 is 0. The van der Waals surface area contributed by atoms with Crippen molar-refractivity contribution in [2.75, 3.05) is 11.9 Å². The number of amides is 2. The Hall–Kier alpha value is -2.48. The molecule has 1 aromatic carbocycles. The van der Waals surface area contributed by atoms with Gasteiger partial charge in [-0.2, -0.15) is 0 Å². The van der Waals surface area contributed by atoms with E-state index in [1.165, 1.54) is 25.1 Å². The average molecular weight is 267 g/mol. The summed E-state index contributed by atoms with van der Waals surface area (Å²) in [5, 5.41) is 23.9. The highest BCUT2D eigenvalue weighted by molar-refractivity contribution is 6.39. The minimum atomic E-state index is -0.957. The number of nitro benzene ring substituents is 1. The zero-order valence-corrected chi connectivity index (χ0v) is 10.1. The topological polar surface area (TPSA) is 122 Å². The molecule has 0 aliphatic heterocycles. The lowest BCUT2D eigenvalue weighted by atomic mass is 10.3. The van der Waals surface area contributed by atoms with Gasteiger partial charge in [-0.1, -0.05) is 6.07 Å². The van der Waals surface area contributed by atoms with Crippen molar-refractivity contribution < 1.29 is 19.6 Å².